The van der Waals surface area contributed by atoms with Crippen molar-refractivity contribution in [1.29, 1.82) is 0 Å². The molecule has 3 N–H and O–H groups in total. The molecule has 2 unspecified atom stereocenters. The zero-order chi connectivity index (χ0) is 21.2. The molecule has 0 spiro atoms. The van der Waals surface area contributed by atoms with Gasteiger partial charge in [-0.15, -0.1) is 24.0 Å². The molecule has 3 rings (SSSR count). The summed E-state index contributed by atoms with van der Waals surface area (Å²) < 4.78 is 6.10. The van der Waals surface area contributed by atoms with Crippen LogP contribution < -0.4 is 16.0 Å². The number of carbonyl (C=O) groups is 1. The van der Waals surface area contributed by atoms with E-state index in [0.29, 0.717) is 24.6 Å². The Bertz CT molecular complexity index is 827. The molecule has 0 aromatic heterocycles. The minimum Gasteiger partial charge on any atom is -0.373 e. The quantitative estimate of drug-likeness (QED) is 0.219. The molecule has 1 fully saturated rings. The van der Waals surface area contributed by atoms with E-state index in [-0.39, 0.29) is 36.0 Å². The van der Waals surface area contributed by atoms with Gasteiger partial charge >= 0.3 is 0 Å². The number of rotatable bonds is 7. The number of amides is 1. The first-order valence-electron chi connectivity index (χ1n) is 10.6. The third-order valence-electron chi connectivity index (χ3n) is 5.34. The maximum absolute atomic E-state index is 12.1. The first kappa shape index (κ1) is 25.1. The molecule has 1 saturated heterocycles. The van der Waals surface area contributed by atoms with Crippen LogP contribution in [-0.4, -0.2) is 45.2 Å². The predicted molar refractivity (Wildman–Crippen MR) is 136 cm³/mol. The zero-order valence-electron chi connectivity index (χ0n) is 18.3. The number of halogens is 1. The molecule has 0 radical (unpaired) electrons. The van der Waals surface area contributed by atoms with Gasteiger partial charge in [0.25, 0.3) is 5.91 Å². The highest BCUT2D eigenvalue weighted by atomic mass is 127. The third-order valence-corrected chi connectivity index (χ3v) is 5.34. The van der Waals surface area contributed by atoms with Crippen LogP contribution in [-0.2, 0) is 4.74 Å². The summed E-state index contributed by atoms with van der Waals surface area (Å²) in [5.74, 6) is 1.05. The van der Waals surface area contributed by atoms with Gasteiger partial charge in [-0.05, 0) is 37.5 Å². The first-order chi connectivity index (χ1) is 14.7. The molecule has 1 aliphatic rings. The number of aliphatic imine (C=N–C) groups is 1. The van der Waals surface area contributed by atoms with Gasteiger partial charge in [0.1, 0.15) is 0 Å². The summed E-state index contributed by atoms with van der Waals surface area (Å²) in [6.07, 6.45) is 2.30. The molecule has 0 bridgehead atoms. The van der Waals surface area contributed by atoms with Crippen LogP contribution in [0.4, 0.5) is 0 Å². The van der Waals surface area contributed by atoms with Crippen LogP contribution in [0.1, 0.15) is 40.4 Å². The third kappa shape index (κ3) is 7.81. The topological polar surface area (TPSA) is 74.8 Å². The second kappa shape index (κ2) is 13.3. The Hall–Kier alpha value is -2.13. The van der Waals surface area contributed by atoms with Gasteiger partial charge in [0.2, 0.25) is 0 Å². The zero-order valence-corrected chi connectivity index (χ0v) is 20.6. The fourth-order valence-corrected chi connectivity index (χ4v) is 3.67. The summed E-state index contributed by atoms with van der Waals surface area (Å²) >= 11 is 0. The molecule has 1 aliphatic heterocycles. The number of hydrogen-bond acceptors (Lipinski definition) is 3. The average molecular weight is 536 g/mol. The highest BCUT2D eigenvalue weighted by Gasteiger charge is 2.27. The SMILES string of the molecule is CN=C(NCCNC(=O)c1ccccc1)NCC1CCCOC1c1ccc(C)cc1.I. The number of ether oxygens (including phenoxy) is 1. The van der Waals surface area contributed by atoms with E-state index >= 15 is 0 Å². The van der Waals surface area contributed by atoms with Crippen molar-refractivity contribution in [3.05, 3.63) is 71.3 Å². The number of aryl methyl sites for hydroxylation is 1. The van der Waals surface area contributed by atoms with E-state index in [1.165, 1.54) is 11.1 Å². The second-order valence-electron chi connectivity index (χ2n) is 7.61. The number of hydrogen-bond donors (Lipinski definition) is 3. The Labute approximate surface area is 202 Å². The number of benzene rings is 2. The molecular formula is C24H33IN4O2. The summed E-state index contributed by atoms with van der Waals surface area (Å²) in [4.78, 5) is 16.4. The molecule has 7 heteroatoms. The second-order valence-corrected chi connectivity index (χ2v) is 7.61. The van der Waals surface area contributed by atoms with E-state index < -0.39 is 0 Å². The van der Waals surface area contributed by atoms with E-state index in [0.717, 1.165) is 32.0 Å². The van der Waals surface area contributed by atoms with Gasteiger partial charge in [0, 0.05) is 44.8 Å². The molecular weight excluding hydrogens is 503 g/mol. The number of nitrogens with zero attached hydrogens (tertiary/aromatic N) is 1. The van der Waals surface area contributed by atoms with Gasteiger partial charge < -0.3 is 20.7 Å². The van der Waals surface area contributed by atoms with Crippen molar-refractivity contribution in [2.24, 2.45) is 10.9 Å². The maximum Gasteiger partial charge on any atom is 0.251 e. The summed E-state index contributed by atoms with van der Waals surface area (Å²) in [7, 11) is 1.76. The van der Waals surface area contributed by atoms with Crippen LogP contribution in [0.2, 0.25) is 0 Å². The lowest BCUT2D eigenvalue weighted by molar-refractivity contribution is -0.0265. The molecule has 1 heterocycles. The lowest BCUT2D eigenvalue weighted by atomic mass is 9.89. The maximum atomic E-state index is 12.1. The summed E-state index contributed by atoms with van der Waals surface area (Å²) in [6, 6.07) is 17.8. The van der Waals surface area contributed by atoms with E-state index in [9.17, 15) is 4.79 Å². The van der Waals surface area contributed by atoms with Crippen molar-refractivity contribution in [3.63, 3.8) is 0 Å². The van der Waals surface area contributed by atoms with Crippen molar-refractivity contribution >= 4 is 35.8 Å². The van der Waals surface area contributed by atoms with E-state index in [2.05, 4.69) is 52.1 Å². The standard InChI is InChI=1S/C24H32N4O2.HI/c1-18-10-12-19(13-11-18)22-21(9-6-16-30-22)17-28-24(25-2)27-15-14-26-23(29)20-7-4-3-5-8-20;/h3-5,7-8,10-13,21-22H,6,9,14-17H2,1-2H3,(H,26,29)(H2,25,27,28);1H. The highest BCUT2D eigenvalue weighted by Crippen LogP contribution is 2.33. The van der Waals surface area contributed by atoms with Crippen molar-refractivity contribution in [3.8, 4) is 0 Å². The molecule has 2 aromatic rings. The van der Waals surface area contributed by atoms with Crippen LogP contribution in [0, 0.1) is 12.8 Å². The molecule has 31 heavy (non-hydrogen) atoms. The molecule has 2 aromatic carbocycles. The largest absolute Gasteiger partial charge is 0.373 e. The molecule has 2 atom stereocenters. The van der Waals surface area contributed by atoms with Crippen molar-refractivity contribution in [1.82, 2.24) is 16.0 Å². The first-order valence-corrected chi connectivity index (χ1v) is 10.6. The Morgan fingerprint density at radius 2 is 1.74 bits per heavy atom. The smallest absolute Gasteiger partial charge is 0.251 e. The normalized spacial score (nSPS) is 18.6. The molecule has 0 aliphatic carbocycles. The van der Waals surface area contributed by atoms with Crippen LogP contribution in [0.5, 0.6) is 0 Å². The molecule has 6 nitrogen and oxygen atoms in total. The Morgan fingerprint density at radius 3 is 2.45 bits per heavy atom. The van der Waals surface area contributed by atoms with Gasteiger partial charge in [-0.25, -0.2) is 0 Å². The Balaban J connectivity index is 0.00000341. The van der Waals surface area contributed by atoms with Gasteiger partial charge in [-0.3, -0.25) is 9.79 Å². The van der Waals surface area contributed by atoms with E-state index in [1.54, 1.807) is 19.2 Å². The number of guanidine groups is 1. The van der Waals surface area contributed by atoms with Gasteiger partial charge in [-0.1, -0.05) is 48.0 Å². The van der Waals surface area contributed by atoms with E-state index in [1.807, 2.05) is 18.2 Å². The monoisotopic (exact) mass is 536 g/mol. The van der Waals surface area contributed by atoms with Gasteiger partial charge in [0.15, 0.2) is 5.96 Å². The fourth-order valence-electron chi connectivity index (χ4n) is 3.67. The predicted octanol–water partition coefficient (Wildman–Crippen LogP) is 3.68. The van der Waals surface area contributed by atoms with Crippen molar-refractivity contribution in [2.45, 2.75) is 25.9 Å². The minimum atomic E-state index is -0.0689. The van der Waals surface area contributed by atoms with Crippen LogP contribution in [0.3, 0.4) is 0 Å². The molecule has 0 saturated carbocycles. The fraction of sp³-hybridized carbons (Fsp3) is 0.417. The van der Waals surface area contributed by atoms with E-state index in [4.69, 9.17) is 4.74 Å². The average Bonchev–Trinajstić information content (AvgIpc) is 2.80. The lowest BCUT2D eigenvalue weighted by Gasteiger charge is -2.32. The van der Waals surface area contributed by atoms with Crippen LogP contribution in [0.15, 0.2) is 59.6 Å². The lowest BCUT2D eigenvalue weighted by Crippen LogP contribution is -2.44. The van der Waals surface area contributed by atoms with Crippen molar-refractivity contribution < 1.29 is 9.53 Å². The number of carbonyl (C=O) groups excluding carboxylic acids is 1. The highest BCUT2D eigenvalue weighted by molar-refractivity contribution is 14.0. The minimum absolute atomic E-state index is 0. The van der Waals surface area contributed by atoms with Crippen molar-refractivity contribution in [2.75, 3.05) is 33.3 Å². The summed E-state index contributed by atoms with van der Waals surface area (Å²) in [5.41, 5.74) is 3.16. The summed E-state index contributed by atoms with van der Waals surface area (Å²) in [5, 5.41) is 9.59. The summed E-state index contributed by atoms with van der Waals surface area (Å²) in [6.45, 7) is 4.81. The van der Waals surface area contributed by atoms with Crippen LogP contribution in [0.25, 0.3) is 0 Å². The van der Waals surface area contributed by atoms with Crippen LogP contribution >= 0.6 is 24.0 Å². The Kier molecular flexibility index (Phi) is 10.8. The van der Waals surface area contributed by atoms with Gasteiger partial charge in [0.05, 0.1) is 6.10 Å². The Morgan fingerprint density at radius 1 is 1.03 bits per heavy atom. The van der Waals surface area contributed by atoms with Gasteiger partial charge in [-0.2, -0.15) is 0 Å². The number of nitrogens with one attached hydrogen (secondary N) is 3. The molecule has 168 valence electrons. The molecule has 1 amide bonds.